The van der Waals surface area contributed by atoms with Crippen molar-refractivity contribution in [2.24, 2.45) is 5.92 Å². The summed E-state index contributed by atoms with van der Waals surface area (Å²) in [5, 5.41) is 6.63. The van der Waals surface area contributed by atoms with E-state index in [2.05, 4.69) is 10.5 Å². The fourth-order valence-corrected chi connectivity index (χ4v) is 2.40. The van der Waals surface area contributed by atoms with E-state index < -0.39 is 0 Å². The molecule has 110 valence electrons. The zero-order valence-electron chi connectivity index (χ0n) is 12.2. The molecule has 1 N–H and O–H groups in total. The lowest BCUT2D eigenvalue weighted by atomic mass is 9.96. The van der Waals surface area contributed by atoms with Crippen molar-refractivity contribution in [3.05, 3.63) is 17.5 Å². The van der Waals surface area contributed by atoms with Crippen LogP contribution in [0.4, 0.5) is 0 Å². The minimum Gasteiger partial charge on any atom is -0.354 e. The molecule has 6 heteroatoms. The molecular formula is C14H21N3O3. The molecule has 1 fully saturated rings. The summed E-state index contributed by atoms with van der Waals surface area (Å²) in [6.07, 6.45) is 1.65. The van der Waals surface area contributed by atoms with Crippen LogP contribution in [-0.2, 0) is 4.79 Å². The van der Waals surface area contributed by atoms with Crippen molar-refractivity contribution < 1.29 is 14.1 Å². The zero-order valence-corrected chi connectivity index (χ0v) is 12.2. The van der Waals surface area contributed by atoms with Gasteiger partial charge in [0, 0.05) is 25.2 Å². The van der Waals surface area contributed by atoms with Gasteiger partial charge in [0.1, 0.15) is 0 Å². The van der Waals surface area contributed by atoms with Crippen LogP contribution in [0.25, 0.3) is 0 Å². The second kappa shape index (κ2) is 6.07. The monoisotopic (exact) mass is 279 g/mol. The third-order valence-electron chi connectivity index (χ3n) is 3.35. The fraction of sp³-hybridized carbons (Fsp3) is 0.643. The molecule has 0 bridgehead atoms. The molecule has 0 aromatic carbocycles. The van der Waals surface area contributed by atoms with Gasteiger partial charge in [-0.05, 0) is 33.6 Å². The van der Waals surface area contributed by atoms with Crippen molar-refractivity contribution in [3.8, 4) is 0 Å². The average Bonchev–Trinajstić information content (AvgIpc) is 2.84. The molecule has 0 unspecified atom stereocenters. The molecule has 1 atom stereocenters. The van der Waals surface area contributed by atoms with Gasteiger partial charge in [-0.3, -0.25) is 9.59 Å². The molecule has 2 rings (SSSR count). The van der Waals surface area contributed by atoms with Crippen LogP contribution in [-0.4, -0.2) is 41.0 Å². The van der Waals surface area contributed by atoms with Gasteiger partial charge >= 0.3 is 0 Å². The number of aryl methyl sites for hydroxylation is 1. The van der Waals surface area contributed by atoms with Crippen molar-refractivity contribution in [1.82, 2.24) is 15.4 Å². The molecule has 1 saturated heterocycles. The largest absolute Gasteiger partial charge is 0.354 e. The Hall–Kier alpha value is -1.85. The molecule has 0 aliphatic carbocycles. The van der Waals surface area contributed by atoms with Crippen molar-refractivity contribution >= 4 is 11.8 Å². The molecule has 0 spiro atoms. The minimum absolute atomic E-state index is 0.0197. The van der Waals surface area contributed by atoms with Crippen molar-refractivity contribution in [3.63, 3.8) is 0 Å². The maximum atomic E-state index is 12.3. The number of carbonyl (C=O) groups is 2. The van der Waals surface area contributed by atoms with Crippen LogP contribution in [0.15, 0.2) is 10.6 Å². The lowest BCUT2D eigenvalue weighted by molar-refractivity contribution is -0.126. The van der Waals surface area contributed by atoms with Gasteiger partial charge in [0.05, 0.1) is 11.6 Å². The Balaban J connectivity index is 1.99. The smallest absolute Gasteiger partial charge is 0.292 e. The van der Waals surface area contributed by atoms with Crippen molar-refractivity contribution in [2.75, 3.05) is 13.1 Å². The van der Waals surface area contributed by atoms with Crippen LogP contribution < -0.4 is 5.32 Å². The first-order valence-corrected chi connectivity index (χ1v) is 7.00. The van der Waals surface area contributed by atoms with E-state index in [9.17, 15) is 9.59 Å². The van der Waals surface area contributed by atoms with Gasteiger partial charge in [-0.1, -0.05) is 5.16 Å². The minimum atomic E-state index is -0.187. The maximum absolute atomic E-state index is 12.3. The standard InChI is InChI=1S/C14H21N3O3/c1-9(2)15-13(18)11-5-4-6-17(8-11)14(19)12-7-10(3)16-20-12/h7,9,11H,4-6,8H2,1-3H3,(H,15,18)/t11-/m0/s1. The van der Waals surface area contributed by atoms with Gasteiger partial charge in [-0.15, -0.1) is 0 Å². The number of piperidine rings is 1. The van der Waals surface area contributed by atoms with E-state index in [0.29, 0.717) is 18.8 Å². The summed E-state index contributed by atoms with van der Waals surface area (Å²) >= 11 is 0. The van der Waals surface area contributed by atoms with Crippen LogP contribution in [0, 0.1) is 12.8 Å². The summed E-state index contributed by atoms with van der Waals surface area (Å²) in [4.78, 5) is 26.0. The van der Waals surface area contributed by atoms with E-state index >= 15 is 0 Å². The van der Waals surface area contributed by atoms with Gasteiger partial charge in [-0.25, -0.2) is 0 Å². The highest BCUT2D eigenvalue weighted by Crippen LogP contribution is 2.19. The Kier molecular flexibility index (Phi) is 4.42. The van der Waals surface area contributed by atoms with Crippen LogP contribution in [0.3, 0.4) is 0 Å². The lowest BCUT2D eigenvalue weighted by Crippen LogP contribution is -2.46. The van der Waals surface area contributed by atoms with Gasteiger partial charge < -0.3 is 14.7 Å². The zero-order chi connectivity index (χ0) is 14.7. The summed E-state index contributed by atoms with van der Waals surface area (Å²) in [7, 11) is 0. The number of nitrogens with zero attached hydrogens (tertiary/aromatic N) is 2. The number of likely N-dealkylation sites (tertiary alicyclic amines) is 1. The Bertz CT molecular complexity index is 496. The van der Waals surface area contributed by atoms with E-state index in [0.717, 1.165) is 12.8 Å². The number of hydrogen-bond donors (Lipinski definition) is 1. The Morgan fingerprint density at radius 2 is 2.25 bits per heavy atom. The third-order valence-corrected chi connectivity index (χ3v) is 3.35. The van der Waals surface area contributed by atoms with Crippen LogP contribution >= 0.6 is 0 Å². The van der Waals surface area contributed by atoms with Crippen LogP contribution in [0.5, 0.6) is 0 Å². The number of rotatable bonds is 3. The summed E-state index contributed by atoms with van der Waals surface area (Å²) in [5.74, 6) is -0.0644. The van der Waals surface area contributed by atoms with E-state index in [1.54, 1.807) is 17.9 Å². The highest BCUT2D eigenvalue weighted by molar-refractivity contribution is 5.92. The first kappa shape index (κ1) is 14.6. The number of aromatic nitrogens is 1. The van der Waals surface area contributed by atoms with Gasteiger partial charge in [0.15, 0.2) is 0 Å². The molecule has 1 aliphatic rings. The molecule has 1 aromatic rings. The maximum Gasteiger partial charge on any atom is 0.292 e. The fourth-order valence-electron chi connectivity index (χ4n) is 2.40. The highest BCUT2D eigenvalue weighted by Gasteiger charge is 2.30. The van der Waals surface area contributed by atoms with Gasteiger partial charge in [0.2, 0.25) is 11.7 Å². The summed E-state index contributed by atoms with van der Waals surface area (Å²) in [6, 6.07) is 1.74. The predicted octanol–water partition coefficient (Wildman–Crippen LogP) is 1.36. The summed E-state index contributed by atoms with van der Waals surface area (Å²) in [6.45, 7) is 6.73. The molecular weight excluding hydrogens is 258 g/mol. The normalized spacial score (nSPS) is 19.2. The molecule has 2 amide bonds. The number of hydrogen-bond acceptors (Lipinski definition) is 4. The first-order valence-electron chi connectivity index (χ1n) is 7.00. The van der Waals surface area contributed by atoms with Gasteiger partial charge in [-0.2, -0.15) is 0 Å². The topological polar surface area (TPSA) is 75.4 Å². The number of carbonyl (C=O) groups excluding carboxylic acids is 2. The molecule has 20 heavy (non-hydrogen) atoms. The highest BCUT2D eigenvalue weighted by atomic mass is 16.5. The molecule has 1 aliphatic heterocycles. The average molecular weight is 279 g/mol. The van der Waals surface area contributed by atoms with Crippen LogP contribution in [0.2, 0.25) is 0 Å². The van der Waals surface area contributed by atoms with Crippen molar-refractivity contribution in [2.45, 2.75) is 39.7 Å². The molecule has 1 aromatic heterocycles. The lowest BCUT2D eigenvalue weighted by Gasteiger charge is -2.31. The van der Waals surface area contributed by atoms with E-state index in [4.69, 9.17) is 4.52 Å². The SMILES string of the molecule is Cc1cc(C(=O)N2CCC[C@H](C(=O)NC(C)C)C2)on1. The number of nitrogens with one attached hydrogen (secondary N) is 1. The molecule has 2 heterocycles. The Morgan fingerprint density at radius 3 is 2.85 bits per heavy atom. The number of amides is 2. The Morgan fingerprint density at radius 1 is 1.50 bits per heavy atom. The summed E-state index contributed by atoms with van der Waals surface area (Å²) in [5.41, 5.74) is 0.680. The molecule has 0 saturated carbocycles. The van der Waals surface area contributed by atoms with Crippen LogP contribution in [0.1, 0.15) is 42.9 Å². The first-order chi connectivity index (χ1) is 9.47. The van der Waals surface area contributed by atoms with E-state index in [-0.39, 0.29) is 29.5 Å². The second-order valence-electron chi connectivity index (χ2n) is 5.59. The molecule has 6 nitrogen and oxygen atoms in total. The Labute approximate surface area is 118 Å². The second-order valence-corrected chi connectivity index (χ2v) is 5.59. The quantitative estimate of drug-likeness (QED) is 0.906. The summed E-state index contributed by atoms with van der Waals surface area (Å²) < 4.78 is 5.00. The van der Waals surface area contributed by atoms with E-state index in [1.165, 1.54) is 0 Å². The van der Waals surface area contributed by atoms with Gasteiger partial charge in [0.25, 0.3) is 5.91 Å². The predicted molar refractivity (Wildman–Crippen MR) is 73.1 cm³/mol. The third kappa shape index (κ3) is 3.37. The van der Waals surface area contributed by atoms with E-state index in [1.807, 2.05) is 13.8 Å². The molecule has 0 radical (unpaired) electrons. The van der Waals surface area contributed by atoms with Crippen molar-refractivity contribution in [1.29, 1.82) is 0 Å².